The molecule has 1 aromatic rings. The summed E-state index contributed by atoms with van der Waals surface area (Å²) in [5, 5.41) is 3.40. The van der Waals surface area contributed by atoms with Gasteiger partial charge in [0.15, 0.2) is 0 Å². The normalized spacial score (nSPS) is 12.8. The van der Waals surface area contributed by atoms with Crippen LogP contribution in [0, 0.1) is 0 Å². The first-order chi connectivity index (χ1) is 7.63. The van der Waals surface area contributed by atoms with Gasteiger partial charge in [-0.05, 0) is 26.6 Å². The van der Waals surface area contributed by atoms with Gasteiger partial charge >= 0.3 is 0 Å². The minimum absolute atomic E-state index is 0.534. The van der Waals surface area contributed by atoms with Crippen molar-refractivity contribution in [1.82, 2.24) is 15.2 Å². The number of likely N-dealkylation sites (N-methyl/N-ethyl adjacent to an activating group) is 1. The van der Waals surface area contributed by atoms with Crippen molar-refractivity contribution < 1.29 is 4.74 Å². The highest BCUT2D eigenvalue weighted by Gasteiger charge is 2.03. The molecule has 90 valence electrons. The summed E-state index contributed by atoms with van der Waals surface area (Å²) in [4.78, 5) is 6.35. The first kappa shape index (κ1) is 12.9. The van der Waals surface area contributed by atoms with Crippen molar-refractivity contribution in [3.63, 3.8) is 0 Å². The zero-order chi connectivity index (χ0) is 12.0. The van der Waals surface area contributed by atoms with E-state index in [-0.39, 0.29) is 0 Å². The molecule has 0 amide bonds. The summed E-state index contributed by atoms with van der Waals surface area (Å²) in [6, 6.07) is 4.44. The highest BCUT2D eigenvalue weighted by atomic mass is 16.5. The molecule has 4 heteroatoms. The van der Waals surface area contributed by atoms with Gasteiger partial charge in [0.2, 0.25) is 5.88 Å². The largest absolute Gasteiger partial charge is 0.481 e. The molecule has 0 aliphatic rings. The maximum Gasteiger partial charge on any atom is 0.212 e. The monoisotopic (exact) mass is 223 g/mol. The van der Waals surface area contributed by atoms with E-state index >= 15 is 0 Å². The summed E-state index contributed by atoms with van der Waals surface area (Å²) in [6.07, 6.45) is 1.84. The fraction of sp³-hybridized carbons (Fsp3) is 0.583. The summed E-state index contributed by atoms with van der Waals surface area (Å²) in [5.74, 6) is 0.658. The lowest BCUT2D eigenvalue weighted by Crippen LogP contribution is -2.35. The minimum atomic E-state index is 0.534. The van der Waals surface area contributed by atoms with Gasteiger partial charge in [0.25, 0.3) is 0 Å². The summed E-state index contributed by atoms with van der Waals surface area (Å²) in [7, 11) is 5.79. The van der Waals surface area contributed by atoms with Gasteiger partial charge in [-0.1, -0.05) is 6.07 Å². The third-order valence-electron chi connectivity index (χ3n) is 2.66. The van der Waals surface area contributed by atoms with E-state index in [1.807, 2.05) is 18.3 Å². The second-order valence-corrected chi connectivity index (χ2v) is 4.15. The van der Waals surface area contributed by atoms with Crippen molar-refractivity contribution in [3.8, 4) is 5.88 Å². The molecule has 1 unspecified atom stereocenters. The number of pyridine rings is 1. The molecule has 0 fully saturated rings. The molecule has 1 aromatic heterocycles. The van der Waals surface area contributed by atoms with Crippen LogP contribution in [0.2, 0.25) is 0 Å². The van der Waals surface area contributed by atoms with Crippen molar-refractivity contribution in [1.29, 1.82) is 0 Å². The lowest BCUT2D eigenvalue weighted by molar-refractivity contribution is 0.302. The van der Waals surface area contributed by atoms with Gasteiger partial charge in [0, 0.05) is 31.4 Å². The molecule has 0 aromatic carbocycles. The molecule has 1 atom stereocenters. The van der Waals surface area contributed by atoms with Gasteiger partial charge < -0.3 is 15.0 Å². The Balaban J connectivity index is 2.31. The Bertz CT molecular complexity index is 298. The van der Waals surface area contributed by atoms with E-state index in [1.165, 1.54) is 5.56 Å². The van der Waals surface area contributed by atoms with Crippen LogP contribution in [0.3, 0.4) is 0 Å². The standard InChI is InChI=1S/C12H21N3O/c1-10(15(2)3)7-13-8-11-5-6-12(16-4)14-9-11/h5-6,9-10,13H,7-8H2,1-4H3. The summed E-state index contributed by atoms with van der Waals surface area (Å²) < 4.78 is 5.01. The van der Waals surface area contributed by atoms with Crippen LogP contribution < -0.4 is 10.1 Å². The van der Waals surface area contributed by atoms with Gasteiger partial charge in [0.1, 0.15) is 0 Å². The van der Waals surface area contributed by atoms with Crippen molar-refractivity contribution in [2.45, 2.75) is 19.5 Å². The molecule has 0 aliphatic carbocycles. The fourth-order valence-electron chi connectivity index (χ4n) is 1.24. The van der Waals surface area contributed by atoms with Gasteiger partial charge in [-0.3, -0.25) is 0 Å². The van der Waals surface area contributed by atoms with Crippen LogP contribution in [-0.4, -0.2) is 43.7 Å². The van der Waals surface area contributed by atoms with E-state index in [0.717, 1.165) is 13.1 Å². The minimum Gasteiger partial charge on any atom is -0.481 e. The Morgan fingerprint density at radius 1 is 1.44 bits per heavy atom. The quantitative estimate of drug-likeness (QED) is 0.784. The molecule has 0 saturated heterocycles. The topological polar surface area (TPSA) is 37.4 Å². The maximum absolute atomic E-state index is 5.01. The Morgan fingerprint density at radius 3 is 2.69 bits per heavy atom. The van der Waals surface area contributed by atoms with Crippen molar-refractivity contribution >= 4 is 0 Å². The Kier molecular flexibility index (Phi) is 5.22. The number of nitrogens with one attached hydrogen (secondary N) is 1. The highest BCUT2D eigenvalue weighted by molar-refractivity contribution is 5.17. The van der Waals surface area contributed by atoms with E-state index in [2.05, 4.69) is 36.2 Å². The number of hydrogen-bond acceptors (Lipinski definition) is 4. The van der Waals surface area contributed by atoms with Gasteiger partial charge in [0.05, 0.1) is 7.11 Å². The number of rotatable bonds is 6. The summed E-state index contributed by atoms with van der Waals surface area (Å²) in [5.41, 5.74) is 1.17. The van der Waals surface area contributed by atoms with Crippen LogP contribution in [0.4, 0.5) is 0 Å². The first-order valence-corrected chi connectivity index (χ1v) is 5.49. The molecule has 0 aliphatic heterocycles. The summed E-state index contributed by atoms with van der Waals surface area (Å²) >= 11 is 0. The first-order valence-electron chi connectivity index (χ1n) is 5.49. The second-order valence-electron chi connectivity index (χ2n) is 4.15. The summed E-state index contributed by atoms with van der Waals surface area (Å²) in [6.45, 7) is 4.01. The van der Waals surface area contributed by atoms with E-state index < -0.39 is 0 Å². The number of nitrogens with zero attached hydrogens (tertiary/aromatic N) is 2. The molecule has 1 rings (SSSR count). The van der Waals surface area contributed by atoms with E-state index in [4.69, 9.17) is 4.74 Å². The Labute approximate surface area is 97.6 Å². The van der Waals surface area contributed by atoms with Crippen molar-refractivity contribution in [2.24, 2.45) is 0 Å². The van der Waals surface area contributed by atoms with Crippen LogP contribution >= 0.6 is 0 Å². The van der Waals surface area contributed by atoms with Crippen LogP contribution in [0.25, 0.3) is 0 Å². The molecular formula is C12H21N3O. The lowest BCUT2D eigenvalue weighted by atomic mass is 10.2. The maximum atomic E-state index is 5.01. The third kappa shape index (κ3) is 4.16. The SMILES string of the molecule is COc1ccc(CNCC(C)N(C)C)cn1. The number of ether oxygens (including phenoxy) is 1. The van der Waals surface area contributed by atoms with Crippen LogP contribution in [0.15, 0.2) is 18.3 Å². The number of methoxy groups -OCH3 is 1. The zero-order valence-corrected chi connectivity index (χ0v) is 10.5. The molecule has 1 N–H and O–H groups in total. The smallest absolute Gasteiger partial charge is 0.212 e. The Hall–Kier alpha value is -1.13. The number of aromatic nitrogens is 1. The molecule has 16 heavy (non-hydrogen) atoms. The van der Waals surface area contributed by atoms with Gasteiger partial charge in [-0.15, -0.1) is 0 Å². The lowest BCUT2D eigenvalue weighted by Gasteiger charge is -2.19. The molecular weight excluding hydrogens is 202 g/mol. The molecule has 4 nitrogen and oxygen atoms in total. The molecule has 0 radical (unpaired) electrons. The van der Waals surface area contributed by atoms with Crippen LogP contribution in [0.1, 0.15) is 12.5 Å². The van der Waals surface area contributed by atoms with E-state index in [0.29, 0.717) is 11.9 Å². The fourth-order valence-corrected chi connectivity index (χ4v) is 1.24. The molecule has 0 saturated carbocycles. The Morgan fingerprint density at radius 2 is 2.19 bits per heavy atom. The average molecular weight is 223 g/mol. The van der Waals surface area contributed by atoms with Gasteiger partial charge in [-0.2, -0.15) is 0 Å². The predicted molar refractivity (Wildman–Crippen MR) is 65.6 cm³/mol. The highest BCUT2D eigenvalue weighted by Crippen LogP contribution is 2.06. The van der Waals surface area contributed by atoms with Crippen LogP contribution in [0.5, 0.6) is 5.88 Å². The van der Waals surface area contributed by atoms with Crippen molar-refractivity contribution in [2.75, 3.05) is 27.7 Å². The average Bonchev–Trinajstić information content (AvgIpc) is 2.29. The van der Waals surface area contributed by atoms with E-state index in [1.54, 1.807) is 7.11 Å². The third-order valence-corrected chi connectivity index (χ3v) is 2.66. The second kappa shape index (κ2) is 6.45. The van der Waals surface area contributed by atoms with Crippen molar-refractivity contribution in [3.05, 3.63) is 23.9 Å². The zero-order valence-electron chi connectivity index (χ0n) is 10.5. The van der Waals surface area contributed by atoms with E-state index in [9.17, 15) is 0 Å². The van der Waals surface area contributed by atoms with Crippen LogP contribution in [-0.2, 0) is 6.54 Å². The predicted octanol–water partition coefficient (Wildman–Crippen LogP) is 1.13. The molecule has 1 heterocycles. The van der Waals surface area contributed by atoms with Gasteiger partial charge in [-0.25, -0.2) is 4.98 Å². The number of hydrogen-bond donors (Lipinski definition) is 1. The molecule has 0 bridgehead atoms. The molecule has 0 spiro atoms.